The number of amides is 1. The molecule has 1 atom stereocenters. The van der Waals surface area contributed by atoms with Crippen molar-refractivity contribution in [3.8, 4) is 0 Å². The van der Waals surface area contributed by atoms with Crippen LogP contribution in [-0.2, 0) is 9.47 Å². The summed E-state index contributed by atoms with van der Waals surface area (Å²) in [5, 5.41) is 9.60. The maximum Gasteiger partial charge on any atom is 0.411 e. The molecule has 0 radical (unpaired) electrons. The smallest absolute Gasteiger partial charge is 0.411 e. The Morgan fingerprint density at radius 1 is 1.17 bits per heavy atom. The fourth-order valence-electron chi connectivity index (χ4n) is 1.57. The monoisotopic (exact) mass is 344 g/mol. The molecule has 0 aliphatic carbocycles. The summed E-state index contributed by atoms with van der Waals surface area (Å²) in [6.07, 6.45) is -5.89. The Kier molecular flexibility index (Phi) is 8.86. The third kappa shape index (κ3) is 13.1. The van der Waals surface area contributed by atoms with Gasteiger partial charge >= 0.3 is 12.3 Å². The van der Waals surface area contributed by atoms with E-state index in [1.54, 1.807) is 39.8 Å². The third-order valence-electron chi connectivity index (χ3n) is 2.62. The van der Waals surface area contributed by atoms with Crippen molar-refractivity contribution in [1.82, 2.24) is 9.80 Å². The van der Waals surface area contributed by atoms with Crippen LogP contribution >= 0.6 is 0 Å². The number of carbonyl (C=O) groups is 1. The van der Waals surface area contributed by atoms with Crippen molar-refractivity contribution in [3.63, 3.8) is 0 Å². The number of hydrogen-bond donors (Lipinski definition) is 1. The average molecular weight is 344 g/mol. The summed E-state index contributed by atoms with van der Waals surface area (Å²) in [4.78, 5) is 14.8. The van der Waals surface area contributed by atoms with Gasteiger partial charge in [-0.1, -0.05) is 0 Å². The SMILES string of the molecule is CN(CCN(C)C(=O)OC(C)(C)C)CC(O)COCC(F)(F)F. The van der Waals surface area contributed by atoms with E-state index < -0.39 is 37.2 Å². The van der Waals surface area contributed by atoms with Gasteiger partial charge in [0.25, 0.3) is 0 Å². The maximum absolute atomic E-state index is 11.9. The van der Waals surface area contributed by atoms with Gasteiger partial charge in [0, 0.05) is 26.7 Å². The molecule has 0 rings (SSSR count). The van der Waals surface area contributed by atoms with Gasteiger partial charge in [0.05, 0.1) is 12.7 Å². The topological polar surface area (TPSA) is 62.2 Å². The second kappa shape index (κ2) is 9.29. The van der Waals surface area contributed by atoms with E-state index in [-0.39, 0.29) is 6.54 Å². The van der Waals surface area contributed by atoms with Gasteiger partial charge < -0.3 is 24.4 Å². The van der Waals surface area contributed by atoms with Crippen molar-refractivity contribution in [2.24, 2.45) is 0 Å². The number of aliphatic hydroxyl groups is 1. The Morgan fingerprint density at radius 2 is 1.74 bits per heavy atom. The normalized spacial score (nSPS) is 14.0. The molecule has 23 heavy (non-hydrogen) atoms. The first-order valence-corrected chi connectivity index (χ1v) is 7.25. The predicted molar refractivity (Wildman–Crippen MR) is 79.2 cm³/mol. The van der Waals surface area contributed by atoms with E-state index in [9.17, 15) is 23.1 Å². The van der Waals surface area contributed by atoms with Crippen LogP contribution in [0.25, 0.3) is 0 Å². The summed E-state index contributed by atoms with van der Waals surface area (Å²) in [6, 6.07) is 0. The van der Waals surface area contributed by atoms with Crippen molar-refractivity contribution >= 4 is 6.09 Å². The minimum atomic E-state index is -4.40. The zero-order valence-electron chi connectivity index (χ0n) is 14.3. The predicted octanol–water partition coefficient (Wildman–Crippen LogP) is 1.72. The number of nitrogens with zero attached hydrogens (tertiary/aromatic N) is 2. The Labute approximate surface area is 135 Å². The number of alkyl halides is 3. The molecule has 0 fully saturated rings. The molecule has 0 saturated heterocycles. The number of likely N-dealkylation sites (N-methyl/N-ethyl adjacent to an activating group) is 2. The molecule has 0 aromatic rings. The van der Waals surface area contributed by atoms with Gasteiger partial charge in [-0.25, -0.2) is 4.79 Å². The summed E-state index contributed by atoms with van der Waals surface area (Å²) in [5.74, 6) is 0. The van der Waals surface area contributed by atoms with Crippen LogP contribution in [0, 0.1) is 0 Å². The molecule has 0 aliphatic heterocycles. The van der Waals surface area contributed by atoms with Crippen LogP contribution in [0.2, 0.25) is 0 Å². The number of aliphatic hydroxyl groups excluding tert-OH is 1. The van der Waals surface area contributed by atoms with Crippen LogP contribution in [0.15, 0.2) is 0 Å². The number of carbonyl (C=O) groups excluding carboxylic acids is 1. The second-order valence-electron chi connectivity index (χ2n) is 6.45. The first-order chi connectivity index (χ1) is 10.3. The van der Waals surface area contributed by atoms with Crippen LogP contribution in [-0.4, -0.2) is 85.8 Å². The van der Waals surface area contributed by atoms with Gasteiger partial charge in [-0.2, -0.15) is 13.2 Å². The molecule has 0 aromatic heterocycles. The lowest BCUT2D eigenvalue weighted by Crippen LogP contribution is -2.40. The van der Waals surface area contributed by atoms with Crippen LogP contribution in [0.3, 0.4) is 0 Å². The molecular weight excluding hydrogens is 317 g/mol. The lowest BCUT2D eigenvalue weighted by Gasteiger charge is -2.27. The zero-order valence-corrected chi connectivity index (χ0v) is 14.3. The highest BCUT2D eigenvalue weighted by atomic mass is 19.4. The molecule has 138 valence electrons. The molecule has 0 bridgehead atoms. The number of halogens is 3. The van der Waals surface area contributed by atoms with Crippen molar-refractivity contribution in [2.45, 2.75) is 38.7 Å². The van der Waals surface area contributed by atoms with Gasteiger partial charge in [0.2, 0.25) is 0 Å². The van der Waals surface area contributed by atoms with Crippen molar-refractivity contribution < 1.29 is 32.5 Å². The highest BCUT2D eigenvalue weighted by Crippen LogP contribution is 2.14. The van der Waals surface area contributed by atoms with E-state index in [1.165, 1.54) is 4.90 Å². The van der Waals surface area contributed by atoms with E-state index in [1.807, 2.05) is 0 Å². The third-order valence-corrected chi connectivity index (χ3v) is 2.62. The number of rotatable bonds is 8. The van der Waals surface area contributed by atoms with Gasteiger partial charge in [0.15, 0.2) is 0 Å². The average Bonchev–Trinajstić information content (AvgIpc) is 2.31. The highest BCUT2D eigenvalue weighted by molar-refractivity contribution is 5.67. The van der Waals surface area contributed by atoms with E-state index in [0.717, 1.165) is 0 Å². The summed E-state index contributed by atoms with van der Waals surface area (Å²) < 4.78 is 45.3. The Balaban J connectivity index is 3.97. The van der Waals surface area contributed by atoms with Gasteiger partial charge in [-0.05, 0) is 27.8 Å². The first kappa shape index (κ1) is 21.9. The van der Waals surface area contributed by atoms with Gasteiger partial charge in [0.1, 0.15) is 12.2 Å². The van der Waals surface area contributed by atoms with Crippen LogP contribution < -0.4 is 0 Å². The van der Waals surface area contributed by atoms with Crippen LogP contribution in [0.1, 0.15) is 20.8 Å². The molecule has 9 heteroatoms. The van der Waals surface area contributed by atoms with Gasteiger partial charge in [-0.3, -0.25) is 0 Å². The quantitative estimate of drug-likeness (QED) is 0.727. The lowest BCUT2D eigenvalue weighted by molar-refractivity contribution is -0.179. The molecule has 0 spiro atoms. The van der Waals surface area contributed by atoms with E-state index in [4.69, 9.17) is 4.74 Å². The Bertz CT molecular complexity index is 359. The molecule has 0 saturated carbocycles. The molecule has 0 aromatic carbocycles. The first-order valence-electron chi connectivity index (χ1n) is 7.25. The molecule has 0 aliphatic rings. The fourth-order valence-corrected chi connectivity index (χ4v) is 1.57. The van der Waals surface area contributed by atoms with Gasteiger partial charge in [-0.15, -0.1) is 0 Å². The molecular formula is C14H27F3N2O4. The maximum atomic E-state index is 11.9. The zero-order chi connectivity index (χ0) is 18.3. The number of ether oxygens (including phenoxy) is 2. The summed E-state index contributed by atoms with van der Waals surface area (Å²) in [6.45, 7) is 4.46. The molecule has 0 heterocycles. The lowest BCUT2D eigenvalue weighted by atomic mass is 10.2. The Morgan fingerprint density at radius 3 is 2.22 bits per heavy atom. The second-order valence-corrected chi connectivity index (χ2v) is 6.45. The van der Waals surface area contributed by atoms with E-state index in [2.05, 4.69) is 4.74 Å². The molecule has 6 nitrogen and oxygen atoms in total. The van der Waals surface area contributed by atoms with Crippen LogP contribution in [0.4, 0.5) is 18.0 Å². The van der Waals surface area contributed by atoms with Crippen molar-refractivity contribution in [2.75, 3.05) is 46.9 Å². The minimum absolute atomic E-state index is 0.139. The number of hydrogen-bond acceptors (Lipinski definition) is 5. The summed E-state index contributed by atoms with van der Waals surface area (Å²) in [5.41, 5.74) is -0.580. The highest BCUT2D eigenvalue weighted by Gasteiger charge is 2.28. The fraction of sp³-hybridized carbons (Fsp3) is 0.929. The summed E-state index contributed by atoms with van der Waals surface area (Å²) >= 11 is 0. The van der Waals surface area contributed by atoms with Crippen molar-refractivity contribution in [1.29, 1.82) is 0 Å². The van der Waals surface area contributed by atoms with Crippen molar-refractivity contribution in [3.05, 3.63) is 0 Å². The van der Waals surface area contributed by atoms with E-state index >= 15 is 0 Å². The standard InChI is InChI=1S/C14H27F3N2O4/c1-13(2,3)23-12(21)19(5)7-6-18(4)8-11(20)9-22-10-14(15,16)17/h11,20H,6-10H2,1-5H3. The van der Waals surface area contributed by atoms with E-state index in [0.29, 0.717) is 13.1 Å². The largest absolute Gasteiger partial charge is 0.444 e. The molecule has 1 amide bonds. The minimum Gasteiger partial charge on any atom is -0.444 e. The molecule has 1 N–H and O–H groups in total. The Hall–Kier alpha value is -1.06. The summed E-state index contributed by atoms with van der Waals surface area (Å²) in [7, 11) is 3.28. The van der Waals surface area contributed by atoms with Crippen LogP contribution in [0.5, 0.6) is 0 Å². The molecule has 1 unspecified atom stereocenters.